The maximum Gasteiger partial charge on any atom is 0.260 e. The highest BCUT2D eigenvalue weighted by atomic mass is 32.1. The van der Waals surface area contributed by atoms with E-state index in [9.17, 15) is 9.90 Å². The molecule has 1 amide bonds. The van der Waals surface area contributed by atoms with Gasteiger partial charge in [0.05, 0.1) is 16.9 Å². The van der Waals surface area contributed by atoms with Crippen LogP contribution in [0.2, 0.25) is 0 Å². The maximum absolute atomic E-state index is 11.9. The molecule has 0 unspecified atom stereocenters. The number of amides is 1. The van der Waals surface area contributed by atoms with E-state index in [-0.39, 0.29) is 17.2 Å². The predicted octanol–water partition coefficient (Wildman–Crippen LogP) is 3.01. The summed E-state index contributed by atoms with van der Waals surface area (Å²) in [5, 5.41) is 14.1. The van der Waals surface area contributed by atoms with E-state index < -0.39 is 5.91 Å². The number of aromatic nitrogens is 1. The molecule has 9 heteroatoms. The normalized spacial score (nSPS) is 18.2. The van der Waals surface area contributed by atoms with Gasteiger partial charge in [-0.2, -0.15) is 0 Å². The van der Waals surface area contributed by atoms with E-state index in [0.29, 0.717) is 51.4 Å². The van der Waals surface area contributed by atoms with Crippen LogP contribution in [0.5, 0.6) is 0 Å². The number of carbonyl (C=O) groups excluding carboxylic acids is 1. The number of thiophene rings is 1. The molecule has 154 valence electrons. The first kappa shape index (κ1) is 18.7. The summed E-state index contributed by atoms with van der Waals surface area (Å²) in [5.74, 6) is 1.14. The van der Waals surface area contributed by atoms with Crippen molar-refractivity contribution in [1.82, 2.24) is 4.98 Å². The molecular formula is C21H21N5O3S. The lowest BCUT2D eigenvalue weighted by Gasteiger charge is -2.13. The first-order valence-electron chi connectivity index (χ1n) is 9.62. The molecule has 8 N–H and O–H groups in total. The Morgan fingerprint density at radius 1 is 1.27 bits per heavy atom. The summed E-state index contributed by atoms with van der Waals surface area (Å²) in [7, 11) is 0. The second-order valence-electron chi connectivity index (χ2n) is 7.61. The number of nitrogens with one attached hydrogen (secondary N) is 1. The van der Waals surface area contributed by atoms with Crippen LogP contribution in [0.25, 0.3) is 32.5 Å². The lowest BCUT2D eigenvalue weighted by Crippen LogP contribution is -2.11. The average molecular weight is 423 g/mol. The number of carbonyl (C=O) groups is 1. The first-order valence-corrected chi connectivity index (χ1v) is 10.4. The van der Waals surface area contributed by atoms with Crippen molar-refractivity contribution in [1.29, 1.82) is 0 Å². The van der Waals surface area contributed by atoms with Crippen molar-refractivity contribution in [2.45, 2.75) is 6.42 Å². The molecule has 1 saturated carbocycles. The number of aliphatic hydroxyl groups excluding tert-OH is 1. The molecule has 0 spiro atoms. The average Bonchev–Trinajstić information content (AvgIpc) is 3.23. The molecule has 1 aromatic carbocycles. The molecule has 4 aromatic rings. The van der Waals surface area contributed by atoms with Crippen LogP contribution < -0.4 is 22.5 Å². The number of benzene rings is 1. The number of hydrogen-bond acceptors (Lipinski definition) is 8. The molecule has 0 saturated heterocycles. The van der Waals surface area contributed by atoms with Gasteiger partial charge in [0.15, 0.2) is 5.82 Å². The zero-order valence-electron chi connectivity index (χ0n) is 16.0. The zero-order chi connectivity index (χ0) is 21.0. The van der Waals surface area contributed by atoms with Gasteiger partial charge in [0.25, 0.3) is 5.91 Å². The third-order valence-corrected chi connectivity index (χ3v) is 6.76. The topological polar surface area (TPSA) is 153 Å². The Morgan fingerprint density at radius 3 is 2.77 bits per heavy atom. The number of nitrogen functional groups attached to an aromatic ring is 2. The van der Waals surface area contributed by atoms with Crippen molar-refractivity contribution >= 4 is 55.6 Å². The summed E-state index contributed by atoms with van der Waals surface area (Å²) in [4.78, 5) is 17.3. The lowest BCUT2D eigenvalue weighted by atomic mass is 10.1. The van der Waals surface area contributed by atoms with Crippen LogP contribution in [0.4, 0.5) is 17.2 Å². The van der Waals surface area contributed by atoms with Gasteiger partial charge in [0, 0.05) is 23.9 Å². The number of fused-ring (bicyclic) bond motifs is 2. The van der Waals surface area contributed by atoms with E-state index in [1.54, 1.807) is 0 Å². The molecule has 1 aliphatic carbocycles. The van der Waals surface area contributed by atoms with Crippen molar-refractivity contribution in [3.8, 4) is 11.3 Å². The number of primary amides is 1. The number of anilines is 3. The number of nitrogens with zero attached hydrogens (tertiary/aromatic N) is 1. The van der Waals surface area contributed by atoms with Crippen molar-refractivity contribution in [3.05, 3.63) is 35.2 Å². The summed E-state index contributed by atoms with van der Waals surface area (Å²) < 4.78 is 6.06. The molecule has 1 aliphatic rings. The highest BCUT2D eigenvalue weighted by molar-refractivity contribution is 7.21. The molecule has 0 aliphatic heterocycles. The third-order valence-electron chi connectivity index (χ3n) is 5.65. The molecular weight excluding hydrogens is 402 g/mol. The number of furan rings is 1. The maximum atomic E-state index is 11.9. The van der Waals surface area contributed by atoms with Crippen LogP contribution in [0.3, 0.4) is 0 Å². The molecule has 30 heavy (non-hydrogen) atoms. The summed E-state index contributed by atoms with van der Waals surface area (Å²) in [6.07, 6.45) is 0.972. The second-order valence-corrected chi connectivity index (χ2v) is 8.61. The van der Waals surface area contributed by atoms with Crippen LogP contribution in [-0.4, -0.2) is 29.1 Å². The Morgan fingerprint density at radius 2 is 2.07 bits per heavy atom. The lowest BCUT2D eigenvalue weighted by molar-refractivity contribution is 0.100. The molecule has 3 heterocycles. The monoisotopic (exact) mass is 423 g/mol. The number of nitrogens with two attached hydrogens (primary N) is 3. The van der Waals surface area contributed by atoms with Crippen molar-refractivity contribution in [3.63, 3.8) is 0 Å². The fraction of sp³-hybridized carbons (Fsp3) is 0.238. The number of para-hydroxylation sites is 1. The molecule has 0 bridgehead atoms. The summed E-state index contributed by atoms with van der Waals surface area (Å²) in [6, 6.07) is 9.54. The van der Waals surface area contributed by atoms with Gasteiger partial charge in [-0.1, -0.05) is 18.2 Å². The fourth-order valence-electron chi connectivity index (χ4n) is 3.86. The van der Waals surface area contributed by atoms with E-state index in [0.717, 1.165) is 28.7 Å². The fourth-order valence-corrected chi connectivity index (χ4v) is 4.81. The van der Waals surface area contributed by atoms with Gasteiger partial charge in [0.2, 0.25) is 0 Å². The largest absolute Gasteiger partial charge is 0.456 e. The minimum Gasteiger partial charge on any atom is -0.456 e. The standard InChI is InChI=1S/C21H21N5O3S/c22-16-15-14(13-6-9-3-1-2-4-12(9)29-13)17(23)20(25-7-10-5-11(10)8-27)26-21(15)30-18(16)19(24)28/h1-4,6,10-11,27H,5,7-8,22-23H2,(H2,24,28)(H,25,26)/t10-,11+/m0/s1. The predicted molar refractivity (Wildman–Crippen MR) is 119 cm³/mol. The van der Waals surface area contributed by atoms with Crippen molar-refractivity contribution < 1.29 is 14.3 Å². The molecule has 1 fully saturated rings. The SMILES string of the molecule is NC(=O)c1sc2nc(NC[C@@H]3C[C@@H]3CO)c(N)c(-c3cc4ccccc4o3)c2c1N. The van der Waals surface area contributed by atoms with Crippen LogP contribution in [0.15, 0.2) is 34.7 Å². The Balaban J connectivity index is 1.69. The Bertz CT molecular complexity index is 1260. The summed E-state index contributed by atoms with van der Waals surface area (Å²) in [6.45, 7) is 0.832. The van der Waals surface area contributed by atoms with Gasteiger partial charge in [-0.3, -0.25) is 4.79 Å². The van der Waals surface area contributed by atoms with E-state index in [1.807, 2.05) is 30.3 Å². The number of pyridine rings is 1. The van der Waals surface area contributed by atoms with Crippen LogP contribution in [0, 0.1) is 11.8 Å². The number of aliphatic hydroxyl groups is 1. The zero-order valence-corrected chi connectivity index (χ0v) is 16.8. The second kappa shape index (κ2) is 6.89. The van der Waals surface area contributed by atoms with Crippen LogP contribution in [-0.2, 0) is 0 Å². The highest BCUT2D eigenvalue weighted by Crippen LogP contribution is 2.46. The molecule has 2 atom stereocenters. The van der Waals surface area contributed by atoms with Gasteiger partial charge < -0.3 is 32.0 Å². The van der Waals surface area contributed by atoms with Gasteiger partial charge in [-0.25, -0.2) is 4.98 Å². The molecule has 0 radical (unpaired) electrons. The van der Waals surface area contributed by atoms with Gasteiger partial charge in [-0.15, -0.1) is 11.3 Å². The minimum absolute atomic E-state index is 0.182. The Hall–Kier alpha value is -3.30. The van der Waals surface area contributed by atoms with E-state index in [1.165, 1.54) is 0 Å². The first-order chi connectivity index (χ1) is 14.5. The third kappa shape index (κ3) is 2.94. The highest BCUT2D eigenvalue weighted by Gasteiger charge is 2.36. The molecule has 8 nitrogen and oxygen atoms in total. The van der Waals surface area contributed by atoms with E-state index in [4.69, 9.17) is 21.6 Å². The van der Waals surface area contributed by atoms with Crippen LogP contribution >= 0.6 is 11.3 Å². The van der Waals surface area contributed by atoms with Crippen molar-refractivity contribution in [2.24, 2.45) is 17.6 Å². The smallest absolute Gasteiger partial charge is 0.260 e. The summed E-state index contributed by atoms with van der Waals surface area (Å²) >= 11 is 1.14. The summed E-state index contributed by atoms with van der Waals surface area (Å²) in [5.41, 5.74) is 20.3. The Kier molecular flexibility index (Phi) is 4.30. The van der Waals surface area contributed by atoms with Crippen molar-refractivity contribution in [2.75, 3.05) is 29.9 Å². The van der Waals surface area contributed by atoms with Gasteiger partial charge in [0.1, 0.15) is 21.1 Å². The quantitative estimate of drug-likeness (QED) is 0.319. The van der Waals surface area contributed by atoms with E-state index >= 15 is 0 Å². The van der Waals surface area contributed by atoms with Crippen LogP contribution in [0.1, 0.15) is 16.1 Å². The van der Waals surface area contributed by atoms with E-state index in [2.05, 4.69) is 10.3 Å². The molecule has 5 rings (SSSR count). The minimum atomic E-state index is -0.608. The number of hydrogen-bond donors (Lipinski definition) is 5. The number of rotatable bonds is 6. The van der Waals surface area contributed by atoms with Gasteiger partial charge in [-0.05, 0) is 30.4 Å². The van der Waals surface area contributed by atoms with Gasteiger partial charge >= 0.3 is 0 Å². The Labute approximate surface area is 175 Å². The molecule has 3 aromatic heterocycles.